The molecule has 0 amide bonds. The molecule has 0 aliphatic heterocycles. The van der Waals surface area contributed by atoms with E-state index in [0.29, 0.717) is 0 Å². The summed E-state index contributed by atoms with van der Waals surface area (Å²) in [7, 11) is 0. The molecule has 0 bridgehead atoms. The van der Waals surface area contributed by atoms with Crippen LogP contribution < -0.4 is 15.9 Å². The maximum atomic E-state index is 14.9. The average molecular weight is 548 g/mol. The van der Waals surface area contributed by atoms with E-state index in [9.17, 15) is 4.39 Å². The van der Waals surface area contributed by atoms with Crippen molar-refractivity contribution in [2.45, 2.75) is 0 Å². The van der Waals surface area contributed by atoms with Crippen molar-refractivity contribution < 1.29 is 4.39 Å². The van der Waals surface area contributed by atoms with Gasteiger partial charge in [-0.1, -0.05) is 0 Å². The van der Waals surface area contributed by atoms with E-state index in [-0.39, 0.29) is 5.82 Å². The van der Waals surface area contributed by atoms with Gasteiger partial charge in [0.2, 0.25) is 0 Å². The molecule has 0 spiro atoms. The molecule has 0 unspecified atom stereocenters. The SMILES string of the molecule is Fc1ccccc1P(I)(CI)(c1ccccc1)c1ccccc1. The van der Waals surface area contributed by atoms with Gasteiger partial charge < -0.3 is 0 Å². The summed E-state index contributed by atoms with van der Waals surface area (Å²) in [6, 6.07) is 28.0. The van der Waals surface area contributed by atoms with Crippen LogP contribution >= 0.6 is 48.9 Å². The van der Waals surface area contributed by atoms with Gasteiger partial charge in [-0.25, -0.2) is 0 Å². The Bertz CT molecular complexity index is 766. The zero-order chi connectivity index (χ0) is 16.4. The van der Waals surface area contributed by atoms with Crippen LogP contribution in [0, 0.1) is 5.82 Å². The van der Waals surface area contributed by atoms with Crippen molar-refractivity contribution in [3.8, 4) is 0 Å². The monoisotopic (exact) mass is 548 g/mol. The predicted molar refractivity (Wildman–Crippen MR) is 118 cm³/mol. The molecule has 0 aliphatic rings. The molecule has 0 fully saturated rings. The number of hydrogen-bond donors (Lipinski definition) is 0. The molecule has 23 heavy (non-hydrogen) atoms. The first-order valence-corrected chi connectivity index (χ1v) is 14.0. The summed E-state index contributed by atoms with van der Waals surface area (Å²) in [5.74, 6) is -0.121. The van der Waals surface area contributed by atoms with Gasteiger partial charge in [0.15, 0.2) is 0 Å². The van der Waals surface area contributed by atoms with E-state index in [0.717, 1.165) is 9.47 Å². The first-order valence-electron chi connectivity index (χ1n) is 7.26. The second-order valence-corrected chi connectivity index (χ2v) is 18.0. The second kappa shape index (κ2) is 6.77. The first kappa shape index (κ1) is 17.3. The summed E-state index contributed by atoms with van der Waals surface area (Å²) < 4.78 is 12.9. The molecule has 0 aliphatic carbocycles. The minimum absolute atomic E-state index is 0.121. The molecule has 0 N–H and O–H groups in total. The van der Waals surface area contributed by atoms with Crippen LogP contribution in [0.15, 0.2) is 84.9 Å². The van der Waals surface area contributed by atoms with E-state index in [1.165, 1.54) is 10.6 Å². The van der Waals surface area contributed by atoms with E-state index >= 15 is 0 Å². The summed E-state index contributed by atoms with van der Waals surface area (Å²) in [6.07, 6.45) is 0. The third kappa shape index (κ3) is 2.75. The van der Waals surface area contributed by atoms with Gasteiger partial charge >= 0.3 is 164 Å². The van der Waals surface area contributed by atoms with Crippen LogP contribution in [0.2, 0.25) is 0 Å². The number of rotatable bonds is 4. The van der Waals surface area contributed by atoms with Crippen molar-refractivity contribution in [1.29, 1.82) is 0 Å². The molecular formula is C19H16FI2P. The minimum atomic E-state index is -2.87. The molecule has 118 valence electrons. The molecule has 3 aromatic rings. The van der Waals surface area contributed by atoms with Crippen LogP contribution in [0.4, 0.5) is 4.39 Å². The summed E-state index contributed by atoms with van der Waals surface area (Å²) >= 11 is 5.01. The number of alkyl halides is 1. The normalized spacial score (nSPS) is 13.3. The number of benzene rings is 3. The van der Waals surface area contributed by atoms with Gasteiger partial charge in [0, 0.05) is 0 Å². The molecule has 4 heteroatoms. The topological polar surface area (TPSA) is 0 Å². The van der Waals surface area contributed by atoms with Crippen LogP contribution in [0.3, 0.4) is 0 Å². The van der Waals surface area contributed by atoms with Crippen molar-refractivity contribution in [3.05, 3.63) is 90.7 Å². The maximum absolute atomic E-state index is 14.9. The molecule has 0 atom stereocenters. The molecule has 0 saturated heterocycles. The van der Waals surface area contributed by atoms with Gasteiger partial charge in [-0.3, -0.25) is 0 Å². The van der Waals surface area contributed by atoms with Crippen molar-refractivity contribution in [3.63, 3.8) is 0 Å². The Labute approximate surface area is 163 Å². The van der Waals surface area contributed by atoms with E-state index in [2.05, 4.69) is 68.9 Å². The summed E-state index contributed by atoms with van der Waals surface area (Å²) in [6.45, 7) is 0. The van der Waals surface area contributed by atoms with Crippen LogP contribution in [0.25, 0.3) is 0 Å². The fourth-order valence-corrected chi connectivity index (χ4v) is 13.3. The number of hydrogen-bond acceptors (Lipinski definition) is 0. The zero-order valence-corrected chi connectivity index (χ0v) is 17.6. The Balaban J connectivity index is 2.46. The van der Waals surface area contributed by atoms with E-state index in [1.807, 2.05) is 48.5 Å². The van der Waals surface area contributed by atoms with E-state index < -0.39 is 4.25 Å². The summed E-state index contributed by atoms with van der Waals surface area (Å²) in [5.41, 5.74) is 0. The fraction of sp³-hybridized carbons (Fsp3) is 0.0526. The zero-order valence-electron chi connectivity index (χ0n) is 12.4. The van der Waals surface area contributed by atoms with Gasteiger partial charge in [-0.15, -0.1) is 0 Å². The Morgan fingerprint density at radius 3 is 1.57 bits per heavy atom. The average Bonchev–Trinajstić information content (AvgIpc) is 2.63. The molecule has 0 saturated carbocycles. The Morgan fingerprint density at radius 1 is 0.696 bits per heavy atom. The predicted octanol–water partition coefficient (Wildman–Crippen LogP) is 5.40. The van der Waals surface area contributed by atoms with Gasteiger partial charge in [-0.05, 0) is 0 Å². The van der Waals surface area contributed by atoms with Crippen molar-refractivity contribution in [2.75, 3.05) is 4.17 Å². The van der Waals surface area contributed by atoms with E-state index in [4.69, 9.17) is 0 Å². The standard InChI is InChI=1S/C19H16FI2P/c20-18-13-7-8-14-19(18)23(22,15-21,16-9-3-1-4-10-16)17-11-5-2-6-12-17/h1-14H,15H2. The van der Waals surface area contributed by atoms with E-state index in [1.54, 1.807) is 12.1 Å². The molecule has 3 aromatic carbocycles. The number of halogens is 3. The molecule has 0 aromatic heterocycles. The second-order valence-electron chi connectivity index (χ2n) is 5.42. The third-order valence-corrected chi connectivity index (χ3v) is 22.7. The van der Waals surface area contributed by atoms with Crippen molar-refractivity contribution in [2.24, 2.45) is 0 Å². The van der Waals surface area contributed by atoms with Crippen LogP contribution in [0.5, 0.6) is 0 Å². The van der Waals surface area contributed by atoms with Crippen LogP contribution in [-0.2, 0) is 0 Å². The molecule has 0 heterocycles. The summed E-state index contributed by atoms with van der Waals surface area (Å²) in [4.78, 5) is 0. The third-order valence-electron chi connectivity index (χ3n) is 4.17. The molecule has 0 nitrogen and oxygen atoms in total. The quantitative estimate of drug-likeness (QED) is 0.233. The Kier molecular flexibility index (Phi) is 5.09. The van der Waals surface area contributed by atoms with Gasteiger partial charge in [0.05, 0.1) is 0 Å². The van der Waals surface area contributed by atoms with Crippen molar-refractivity contribution in [1.82, 2.24) is 0 Å². The molecule has 3 rings (SSSR count). The van der Waals surface area contributed by atoms with Crippen LogP contribution in [0.1, 0.15) is 0 Å². The van der Waals surface area contributed by atoms with Crippen molar-refractivity contribution >= 4 is 64.8 Å². The molecule has 0 radical (unpaired) electrons. The Morgan fingerprint density at radius 2 is 1.13 bits per heavy atom. The fourth-order valence-electron chi connectivity index (χ4n) is 2.94. The van der Waals surface area contributed by atoms with Crippen LogP contribution in [-0.4, -0.2) is 4.17 Å². The first-order chi connectivity index (χ1) is 11.1. The van der Waals surface area contributed by atoms with Gasteiger partial charge in [-0.2, -0.15) is 0 Å². The molecular weight excluding hydrogens is 532 g/mol. The summed E-state index contributed by atoms with van der Waals surface area (Å²) in [5, 5.41) is 3.25. The van der Waals surface area contributed by atoms with Gasteiger partial charge in [0.1, 0.15) is 0 Å². The van der Waals surface area contributed by atoms with Gasteiger partial charge in [0.25, 0.3) is 0 Å². The Hall–Kier alpha value is -0.520.